The molecular weight excluding hydrogens is 327 g/mol. The van der Waals surface area contributed by atoms with Crippen LogP contribution >= 0.6 is 62.0 Å². The van der Waals surface area contributed by atoms with E-state index in [0.29, 0.717) is 15.4 Å². The van der Waals surface area contributed by atoms with Gasteiger partial charge in [-0.05, 0) is 11.5 Å². The Morgan fingerprint density at radius 3 is 2.64 bits per heavy atom. The molecule has 74 valence electrons. The first-order valence-corrected chi connectivity index (χ1v) is 7.07. The second-order valence-electron chi connectivity index (χ2n) is 2.41. The molecule has 0 fully saturated rings. The van der Waals surface area contributed by atoms with E-state index >= 15 is 0 Å². The van der Waals surface area contributed by atoms with Crippen molar-refractivity contribution in [3.8, 4) is 10.6 Å². The van der Waals surface area contributed by atoms with Gasteiger partial charge in [-0.3, -0.25) is 0 Å². The Balaban J connectivity index is 2.55. The third-order valence-electron chi connectivity index (χ3n) is 1.58. The summed E-state index contributed by atoms with van der Waals surface area (Å²) in [4.78, 5) is 1.90. The van der Waals surface area contributed by atoms with Gasteiger partial charge in [0.1, 0.15) is 5.69 Å². The van der Waals surface area contributed by atoms with Crippen LogP contribution in [0.2, 0.25) is 10.0 Å². The van der Waals surface area contributed by atoms with Gasteiger partial charge < -0.3 is 0 Å². The number of alkyl halides is 1. The Bertz CT molecular complexity index is 441. The largest absolute Gasteiger partial charge is 0.137 e. The van der Waals surface area contributed by atoms with E-state index in [1.54, 1.807) is 0 Å². The Kier molecular flexibility index (Phi) is 3.44. The van der Waals surface area contributed by atoms with Crippen molar-refractivity contribution < 1.29 is 0 Å². The van der Waals surface area contributed by atoms with Crippen LogP contribution in [0.1, 0.15) is 4.88 Å². The summed E-state index contributed by atoms with van der Waals surface area (Å²) in [7, 11) is 0. The quantitative estimate of drug-likeness (QED) is 0.760. The van der Waals surface area contributed by atoms with Gasteiger partial charge in [0, 0.05) is 15.6 Å². The van der Waals surface area contributed by atoms with E-state index in [1.807, 2.05) is 5.38 Å². The van der Waals surface area contributed by atoms with Crippen LogP contribution < -0.4 is 0 Å². The molecule has 14 heavy (non-hydrogen) atoms. The molecule has 0 bridgehead atoms. The van der Waals surface area contributed by atoms with Crippen molar-refractivity contribution in [3.05, 3.63) is 20.3 Å². The fourth-order valence-corrected chi connectivity index (χ4v) is 3.86. The second kappa shape index (κ2) is 4.45. The van der Waals surface area contributed by atoms with Gasteiger partial charge in [-0.2, -0.15) is 0 Å². The molecule has 0 spiro atoms. The SMILES string of the molecule is Clc1c(CBr)sc(-c2csnn2)c1Cl. The molecule has 7 heteroatoms. The van der Waals surface area contributed by atoms with Crippen LogP contribution in [0.15, 0.2) is 5.38 Å². The maximum absolute atomic E-state index is 6.08. The molecule has 0 atom stereocenters. The summed E-state index contributed by atoms with van der Waals surface area (Å²) < 4.78 is 3.79. The van der Waals surface area contributed by atoms with Crippen LogP contribution in [-0.4, -0.2) is 9.59 Å². The summed E-state index contributed by atoms with van der Waals surface area (Å²) in [5, 5.41) is 7.69. The fraction of sp³-hybridized carbons (Fsp3) is 0.143. The van der Waals surface area contributed by atoms with Gasteiger partial charge in [0.2, 0.25) is 0 Å². The summed E-state index contributed by atoms with van der Waals surface area (Å²) in [5.74, 6) is 0. The molecule has 0 saturated carbocycles. The van der Waals surface area contributed by atoms with Crippen LogP contribution in [0.4, 0.5) is 0 Å². The zero-order valence-corrected chi connectivity index (χ0v) is 11.4. The van der Waals surface area contributed by atoms with Crippen LogP contribution in [0, 0.1) is 0 Å². The first-order chi connectivity index (χ1) is 6.74. The third kappa shape index (κ3) is 1.84. The topological polar surface area (TPSA) is 25.8 Å². The monoisotopic (exact) mass is 328 g/mol. The second-order valence-corrected chi connectivity index (χ2v) is 5.44. The van der Waals surface area contributed by atoms with E-state index in [4.69, 9.17) is 23.2 Å². The number of halogens is 3. The highest BCUT2D eigenvalue weighted by atomic mass is 79.9. The predicted octanol–water partition coefficient (Wildman–Crippen LogP) is 4.47. The molecule has 2 heterocycles. The Hall–Kier alpha value is 0.320. The number of thiophene rings is 1. The molecular formula is C7H3BrCl2N2S2. The minimum atomic E-state index is 0.568. The van der Waals surface area contributed by atoms with Gasteiger partial charge in [-0.15, -0.1) is 16.4 Å². The van der Waals surface area contributed by atoms with E-state index in [0.717, 1.165) is 15.4 Å². The Morgan fingerprint density at radius 1 is 1.36 bits per heavy atom. The first kappa shape index (κ1) is 10.8. The highest BCUT2D eigenvalue weighted by molar-refractivity contribution is 9.08. The molecule has 0 amide bonds. The molecule has 0 N–H and O–H groups in total. The molecule has 2 aromatic heterocycles. The van der Waals surface area contributed by atoms with Crippen molar-refractivity contribution in [2.75, 3.05) is 0 Å². The standard InChI is InChI=1S/C7H3BrCl2N2S2/c8-1-4-5(9)6(10)7(14-4)3-2-13-12-11-3/h2H,1H2. The maximum Gasteiger partial charge on any atom is 0.117 e. The Morgan fingerprint density at radius 2 is 2.14 bits per heavy atom. The molecule has 0 aliphatic rings. The normalized spacial score (nSPS) is 10.8. The molecule has 0 aliphatic carbocycles. The predicted molar refractivity (Wildman–Crippen MR) is 65.9 cm³/mol. The minimum absolute atomic E-state index is 0.568. The number of hydrogen-bond donors (Lipinski definition) is 0. The number of hydrogen-bond acceptors (Lipinski definition) is 4. The summed E-state index contributed by atoms with van der Waals surface area (Å²) in [5.41, 5.74) is 0.791. The summed E-state index contributed by atoms with van der Waals surface area (Å²) in [6.07, 6.45) is 0. The fourth-order valence-electron chi connectivity index (χ4n) is 0.949. The van der Waals surface area contributed by atoms with Gasteiger partial charge in [0.25, 0.3) is 0 Å². The zero-order valence-electron chi connectivity index (χ0n) is 6.63. The zero-order chi connectivity index (χ0) is 10.1. The van der Waals surface area contributed by atoms with Crippen molar-refractivity contribution >= 4 is 62.0 Å². The van der Waals surface area contributed by atoms with Gasteiger partial charge in [-0.1, -0.05) is 43.6 Å². The summed E-state index contributed by atoms with van der Waals surface area (Å²) >= 11 is 18.3. The molecule has 0 saturated heterocycles. The molecule has 2 aromatic rings. The average Bonchev–Trinajstić information content (AvgIpc) is 2.78. The maximum atomic E-state index is 6.08. The van der Waals surface area contributed by atoms with Crippen LogP contribution in [0.5, 0.6) is 0 Å². The summed E-state index contributed by atoms with van der Waals surface area (Å²) in [6.45, 7) is 0. The van der Waals surface area contributed by atoms with Crippen molar-refractivity contribution in [2.24, 2.45) is 0 Å². The molecule has 2 nitrogen and oxygen atoms in total. The first-order valence-electron chi connectivity index (χ1n) is 3.54. The van der Waals surface area contributed by atoms with E-state index in [9.17, 15) is 0 Å². The average molecular weight is 330 g/mol. The van der Waals surface area contributed by atoms with E-state index in [1.165, 1.54) is 22.9 Å². The minimum Gasteiger partial charge on any atom is -0.137 e. The lowest BCUT2D eigenvalue weighted by Crippen LogP contribution is -1.72. The van der Waals surface area contributed by atoms with Crippen molar-refractivity contribution in [3.63, 3.8) is 0 Å². The number of rotatable bonds is 2. The van der Waals surface area contributed by atoms with E-state index in [-0.39, 0.29) is 0 Å². The Labute approximate surface area is 107 Å². The lowest BCUT2D eigenvalue weighted by atomic mass is 10.4. The lowest BCUT2D eigenvalue weighted by molar-refractivity contribution is 1.17. The smallest absolute Gasteiger partial charge is 0.117 e. The molecule has 0 aromatic carbocycles. The van der Waals surface area contributed by atoms with Gasteiger partial charge in [0.15, 0.2) is 0 Å². The van der Waals surface area contributed by atoms with Gasteiger partial charge >= 0.3 is 0 Å². The molecule has 2 rings (SSSR count). The van der Waals surface area contributed by atoms with E-state index < -0.39 is 0 Å². The third-order valence-corrected chi connectivity index (χ3v) is 5.34. The van der Waals surface area contributed by atoms with Crippen LogP contribution in [0.3, 0.4) is 0 Å². The van der Waals surface area contributed by atoms with E-state index in [2.05, 4.69) is 25.5 Å². The molecule has 0 aliphatic heterocycles. The van der Waals surface area contributed by atoms with Crippen LogP contribution in [0.25, 0.3) is 10.6 Å². The highest BCUT2D eigenvalue weighted by Crippen LogP contribution is 2.43. The highest BCUT2D eigenvalue weighted by Gasteiger charge is 2.17. The molecule has 0 radical (unpaired) electrons. The van der Waals surface area contributed by atoms with Crippen molar-refractivity contribution in [2.45, 2.75) is 5.33 Å². The number of aromatic nitrogens is 2. The molecule has 0 unspecified atom stereocenters. The van der Waals surface area contributed by atoms with Crippen molar-refractivity contribution in [1.82, 2.24) is 9.59 Å². The van der Waals surface area contributed by atoms with Crippen molar-refractivity contribution in [1.29, 1.82) is 0 Å². The van der Waals surface area contributed by atoms with Crippen LogP contribution in [-0.2, 0) is 5.33 Å². The van der Waals surface area contributed by atoms with Gasteiger partial charge in [-0.25, -0.2) is 0 Å². The lowest BCUT2D eigenvalue weighted by Gasteiger charge is -1.89. The number of nitrogens with zero attached hydrogens (tertiary/aromatic N) is 2. The summed E-state index contributed by atoms with van der Waals surface area (Å²) in [6, 6.07) is 0. The van der Waals surface area contributed by atoms with Gasteiger partial charge in [0.05, 0.1) is 14.9 Å².